The van der Waals surface area contributed by atoms with Gasteiger partial charge in [0.05, 0.1) is 0 Å². The molecular formula is C18H33BrO2. The Bertz CT molecular complexity index is 351. The standard InChI is InChI=1S/C16H27BrO2.C2H6/c1-7-13-14(18)15(19-6)12(11(4)9-17)8-16(13,5)10(2)3;1-2/h10,12-13,15H,4,7-9H2,1-3,5-6H3;1-2H3. The zero-order chi connectivity index (χ0) is 16.8. The lowest BCUT2D eigenvalue weighted by molar-refractivity contribution is -0.150. The van der Waals surface area contributed by atoms with Crippen LogP contribution >= 0.6 is 15.9 Å². The molecule has 1 aliphatic rings. The molecule has 3 heteroatoms. The Morgan fingerprint density at radius 2 is 2.00 bits per heavy atom. The molecule has 0 heterocycles. The summed E-state index contributed by atoms with van der Waals surface area (Å²) in [4.78, 5) is 12.8. The summed E-state index contributed by atoms with van der Waals surface area (Å²) in [5, 5.41) is 0.732. The molecule has 2 nitrogen and oxygen atoms in total. The normalized spacial score (nSPS) is 32.6. The highest BCUT2D eigenvalue weighted by atomic mass is 79.9. The fourth-order valence-electron chi connectivity index (χ4n) is 3.49. The van der Waals surface area contributed by atoms with Gasteiger partial charge in [0.15, 0.2) is 5.78 Å². The molecule has 4 atom stereocenters. The molecular weight excluding hydrogens is 328 g/mol. The Hall–Kier alpha value is -0.150. The van der Waals surface area contributed by atoms with Crippen LogP contribution in [0.4, 0.5) is 0 Å². The van der Waals surface area contributed by atoms with Gasteiger partial charge in [-0.25, -0.2) is 0 Å². The van der Waals surface area contributed by atoms with E-state index >= 15 is 0 Å². The average molecular weight is 361 g/mol. The van der Waals surface area contributed by atoms with Gasteiger partial charge in [-0.2, -0.15) is 0 Å². The van der Waals surface area contributed by atoms with E-state index in [1.807, 2.05) is 13.8 Å². The van der Waals surface area contributed by atoms with Crippen molar-refractivity contribution in [1.82, 2.24) is 0 Å². The van der Waals surface area contributed by atoms with E-state index in [0.717, 1.165) is 23.7 Å². The smallest absolute Gasteiger partial charge is 0.165 e. The number of hydrogen-bond acceptors (Lipinski definition) is 2. The van der Waals surface area contributed by atoms with Crippen molar-refractivity contribution in [3.8, 4) is 0 Å². The summed E-state index contributed by atoms with van der Waals surface area (Å²) in [6.07, 6.45) is 1.56. The number of carbonyl (C=O) groups excluding carboxylic acids is 1. The lowest BCUT2D eigenvalue weighted by Gasteiger charge is -2.49. The van der Waals surface area contributed by atoms with Crippen molar-refractivity contribution in [1.29, 1.82) is 0 Å². The quantitative estimate of drug-likeness (QED) is 0.493. The molecule has 0 aromatic rings. The summed E-state index contributed by atoms with van der Waals surface area (Å²) < 4.78 is 5.51. The van der Waals surface area contributed by atoms with Crippen molar-refractivity contribution in [2.75, 3.05) is 12.4 Å². The fourth-order valence-corrected chi connectivity index (χ4v) is 3.90. The third-order valence-corrected chi connectivity index (χ3v) is 5.84. The van der Waals surface area contributed by atoms with Crippen molar-refractivity contribution >= 4 is 21.7 Å². The monoisotopic (exact) mass is 360 g/mol. The van der Waals surface area contributed by atoms with E-state index < -0.39 is 0 Å². The van der Waals surface area contributed by atoms with Gasteiger partial charge in [0.1, 0.15) is 6.10 Å². The first-order valence-electron chi connectivity index (χ1n) is 8.13. The van der Waals surface area contributed by atoms with Crippen LogP contribution in [-0.2, 0) is 9.53 Å². The second kappa shape index (κ2) is 9.09. The molecule has 0 spiro atoms. The highest BCUT2D eigenvalue weighted by Gasteiger charge is 2.51. The first kappa shape index (κ1) is 20.9. The van der Waals surface area contributed by atoms with E-state index in [-0.39, 0.29) is 29.1 Å². The number of ether oxygens (including phenoxy) is 1. The van der Waals surface area contributed by atoms with Crippen LogP contribution in [0, 0.1) is 23.2 Å². The van der Waals surface area contributed by atoms with Crippen molar-refractivity contribution in [3.63, 3.8) is 0 Å². The van der Waals surface area contributed by atoms with Gasteiger partial charge in [0.25, 0.3) is 0 Å². The lowest BCUT2D eigenvalue weighted by atomic mass is 9.56. The molecule has 0 bridgehead atoms. The molecule has 1 saturated carbocycles. The molecule has 1 rings (SSSR count). The summed E-state index contributed by atoms with van der Waals surface area (Å²) >= 11 is 3.47. The molecule has 0 aliphatic heterocycles. The second-order valence-electron chi connectivity index (χ2n) is 6.28. The maximum Gasteiger partial charge on any atom is 0.165 e. The highest BCUT2D eigenvalue weighted by Crippen LogP contribution is 2.50. The number of rotatable bonds is 5. The van der Waals surface area contributed by atoms with Gasteiger partial charge in [-0.3, -0.25) is 4.79 Å². The third-order valence-electron chi connectivity index (χ3n) is 5.12. The summed E-state index contributed by atoms with van der Waals surface area (Å²) in [6.45, 7) is 16.9. The van der Waals surface area contributed by atoms with Crippen molar-refractivity contribution in [2.45, 2.75) is 60.5 Å². The Morgan fingerprint density at radius 1 is 1.48 bits per heavy atom. The Morgan fingerprint density at radius 3 is 2.33 bits per heavy atom. The minimum Gasteiger partial charge on any atom is -0.373 e. The molecule has 1 fully saturated rings. The maximum atomic E-state index is 12.8. The van der Waals surface area contributed by atoms with Gasteiger partial charge in [0, 0.05) is 24.3 Å². The largest absolute Gasteiger partial charge is 0.373 e. The predicted molar refractivity (Wildman–Crippen MR) is 94.9 cm³/mol. The number of halogens is 1. The first-order chi connectivity index (χ1) is 9.83. The minimum absolute atomic E-state index is 0.0383. The van der Waals surface area contributed by atoms with E-state index in [4.69, 9.17) is 4.74 Å². The Labute approximate surface area is 139 Å². The van der Waals surface area contributed by atoms with E-state index in [0.29, 0.717) is 5.92 Å². The van der Waals surface area contributed by atoms with Crippen LogP contribution in [0.15, 0.2) is 12.2 Å². The average Bonchev–Trinajstić information content (AvgIpc) is 2.48. The SMILES string of the molecule is C=C(CBr)C1CC(C)(C(C)C)C(CC)C(=O)C1OC.CC. The minimum atomic E-state index is -0.318. The van der Waals surface area contributed by atoms with Gasteiger partial charge >= 0.3 is 0 Å². The van der Waals surface area contributed by atoms with Crippen LogP contribution in [0.25, 0.3) is 0 Å². The summed E-state index contributed by atoms with van der Waals surface area (Å²) in [7, 11) is 1.64. The van der Waals surface area contributed by atoms with E-state index in [1.165, 1.54) is 0 Å². The lowest BCUT2D eigenvalue weighted by Crippen LogP contribution is -2.52. The molecule has 0 aromatic carbocycles. The number of methoxy groups -OCH3 is 1. The zero-order valence-electron chi connectivity index (χ0n) is 14.8. The van der Waals surface area contributed by atoms with Crippen LogP contribution in [-0.4, -0.2) is 24.3 Å². The van der Waals surface area contributed by atoms with E-state index in [2.05, 4.69) is 50.2 Å². The predicted octanol–water partition coefficient (Wildman–Crippen LogP) is 5.26. The number of carbonyl (C=O) groups is 1. The number of Topliss-reactive ketones (excluding diaryl/α,β-unsaturated/α-hetero) is 1. The Kier molecular flexibility index (Phi) is 9.03. The molecule has 0 radical (unpaired) electrons. The highest BCUT2D eigenvalue weighted by molar-refractivity contribution is 9.09. The molecule has 21 heavy (non-hydrogen) atoms. The summed E-state index contributed by atoms with van der Waals surface area (Å²) in [5.41, 5.74) is 1.11. The maximum absolute atomic E-state index is 12.8. The van der Waals surface area contributed by atoms with Gasteiger partial charge in [-0.05, 0) is 24.2 Å². The first-order valence-corrected chi connectivity index (χ1v) is 9.25. The van der Waals surface area contributed by atoms with Gasteiger partial charge in [-0.1, -0.05) is 69.6 Å². The second-order valence-corrected chi connectivity index (χ2v) is 6.84. The molecule has 0 amide bonds. The van der Waals surface area contributed by atoms with Crippen LogP contribution < -0.4 is 0 Å². The van der Waals surface area contributed by atoms with Gasteiger partial charge in [-0.15, -0.1) is 0 Å². The topological polar surface area (TPSA) is 26.3 Å². The molecule has 124 valence electrons. The van der Waals surface area contributed by atoms with Crippen molar-refractivity contribution in [2.24, 2.45) is 23.2 Å². The fraction of sp³-hybridized carbons (Fsp3) is 0.833. The van der Waals surface area contributed by atoms with Gasteiger partial charge < -0.3 is 4.74 Å². The molecule has 0 saturated heterocycles. The molecule has 0 aromatic heterocycles. The third kappa shape index (κ3) is 4.19. The zero-order valence-corrected chi connectivity index (χ0v) is 16.4. The van der Waals surface area contributed by atoms with E-state index in [9.17, 15) is 4.79 Å². The summed E-state index contributed by atoms with van der Waals surface area (Å²) in [5.74, 6) is 0.966. The Balaban J connectivity index is 0.00000191. The number of hydrogen-bond donors (Lipinski definition) is 0. The van der Waals surface area contributed by atoms with E-state index in [1.54, 1.807) is 7.11 Å². The molecule has 0 N–H and O–H groups in total. The number of alkyl halides is 1. The summed E-state index contributed by atoms with van der Waals surface area (Å²) in [6, 6.07) is 0. The van der Waals surface area contributed by atoms with Crippen LogP contribution in [0.3, 0.4) is 0 Å². The molecule has 4 unspecified atom stereocenters. The van der Waals surface area contributed by atoms with Gasteiger partial charge in [0.2, 0.25) is 0 Å². The van der Waals surface area contributed by atoms with Crippen LogP contribution in [0.5, 0.6) is 0 Å². The van der Waals surface area contributed by atoms with Crippen LogP contribution in [0.2, 0.25) is 0 Å². The van der Waals surface area contributed by atoms with Crippen molar-refractivity contribution in [3.05, 3.63) is 12.2 Å². The van der Waals surface area contributed by atoms with Crippen LogP contribution in [0.1, 0.15) is 54.4 Å². The van der Waals surface area contributed by atoms with Crippen molar-refractivity contribution < 1.29 is 9.53 Å². The molecule has 1 aliphatic carbocycles. The number of ketones is 1.